The molecule has 0 aliphatic carbocycles. The lowest BCUT2D eigenvalue weighted by Crippen LogP contribution is -2.30. The Morgan fingerprint density at radius 1 is 1.19 bits per heavy atom. The van der Waals surface area contributed by atoms with Crippen LogP contribution in [-0.2, 0) is 11.2 Å². The first kappa shape index (κ1) is 15.8. The molecule has 2 aromatic rings. The molecule has 21 heavy (non-hydrogen) atoms. The van der Waals surface area contributed by atoms with Gasteiger partial charge in [0.25, 0.3) is 0 Å². The SMILES string of the molecule is CCC(CCCl)CNC(=O)Cc1ccc2ccccc2c1. The van der Waals surface area contributed by atoms with Gasteiger partial charge in [0, 0.05) is 12.4 Å². The third-order valence-electron chi connectivity index (χ3n) is 3.86. The van der Waals surface area contributed by atoms with Gasteiger partial charge in [-0.05, 0) is 28.7 Å². The van der Waals surface area contributed by atoms with E-state index in [0.29, 0.717) is 18.2 Å². The van der Waals surface area contributed by atoms with Crippen LogP contribution in [0, 0.1) is 5.92 Å². The van der Waals surface area contributed by atoms with Gasteiger partial charge in [-0.2, -0.15) is 0 Å². The minimum absolute atomic E-state index is 0.0818. The highest BCUT2D eigenvalue weighted by atomic mass is 35.5. The van der Waals surface area contributed by atoms with Crippen molar-refractivity contribution >= 4 is 28.3 Å². The standard InChI is InChI=1S/C18H22ClNO/c1-2-14(9-10-19)13-20-18(21)12-15-7-8-16-5-3-4-6-17(16)11-15/h3-8,11,14H,2,9-10,12-13H2,1H3,(H,20,21). The summed E-state index contributed by atoms with van der Waals surface area (Å²) in [7, 11) is 0. The molecule has 0 heterocycles. The van der Waals surface area contributed by atoms with Gasteiger partial charge < -0.3 is 5.32 Å². The molecular formula is C18H22ClNO. The van der Waals surface area contributed by atoms with E-state index < -0.39 is 0 Å². The van der Waals surface area contributed by atoms with E-state index in [9.17, 15) is 4.79 Å². The van der Waals surface area contributed by atoms with Crippen LogP contribution >= 0.6 is 11.6 Å². The first-order valence-electron chi connectivity index (χ1n) is 7.53. The van der Waals surface area contributed by atoms with Crippen LogP contribution in [0.1, 0.15) is 25.3 Å². The molecule has 0 fully saturated rings. The fourth-order valence-electron chi connectivity index (χ4n) is 2.46. The molecule has 0 aromatic heterocycles. The molecule has 0 aliphatic heterocycles. The molecule has 2 aromatic carbocycles. The van der Waals surface area contributed by atoms with Crippen molar-refractivity contribution in [2.45, 2.75) is 26.2 Å². The quantitative estimate of drug-likeness (QED) is 0.765. The summed E-state index contributed by atoms with van der Waals surface area (Å²) in [5.41, 5.74) is 1.05. The first-order valence-corrected chi connectivity index (χ1v) is 8.06. The van der Waals surface area contributed by atoms with Crippen LogP contribution in [0.2, 0.25) is 0 Å². The molecule has 0 aliphatic rings. The highest BCUT2D eigenvalue weighted by molar-refractivity contribution is 6.17. The van der Waals surface area contributed by atoms with Crippen LogP contribution in [0.15, 0.2) is 42.5 Å². The maximum absolute atomic E-state index is 12.0. The normalized spacial score (nSPS) is 12.3. The van der Waals surface area contributed by atoms with Crippen molar-refractivity contribution in [3.8, 4) is 0 Å². The molecule has 1 atom stereocenters. The van der Waals surface area contributed by atoms with Gasteiger partial charge in [0.15, 0.2) is 0 Å². The number of hydrogen-bond donors (Lipinski definition) is 1. The molecular weight excluding hydrogens is 282 g/mol. The molecule has 2 nitrogen and oxygen atoms in total. The molecule has 0 saturated carbocycles. The maximum Gasteiger partial charge on any atom is 0.224 e. The van der Waals surface area contributed by atoms with Gasteiger partial charge in [0.1, 0.15) is 0 Å². The smallest absolute Gasteiger partial charge is 0.224 e. The summed E-state index contributed by atoms with van der Waals surface area (Å²) < 4.78 is 0. The van der Waals surface area contributed by atoms with Crippen LogP contribution in [0.25, 0.3) is 10.8 Å². The summed E-state index contributed by atoms with van der Waals surface area (Å²) in [4.78, 5) is 12.0. The van der Waals surface area contributed by atoms with Gasteiger partial charge >= 0.3 is 0 Å². The van der Waals surface area contributed by atoms with E-state index in [-0.39, 0.29) is 5.91 Å². The molecule has 1 N–H and O–H groups in total. The van der Waals surface area contributed by atoms with E-state index >= 15 is 0 Å². The van der Waals surface area contributed by atoms with Crippen molar-refractivity contribution in [2.75, 3.05) is 12.4 Å². The Morgan fingerprint density at radius 2 is 1.95 bits per heavy atom. The molecule has 0 bridgehead atoms. The van der Waals surface area contributed by atoms with Crippen LogP contribution in [0.5, 0.6) is 0 Å². The van der Waals surface area contributed by atoms with Crippen molar-refractivity contribution in [2.24, 2.45) is 5.92 Å². The van der Waals surface area contributed by atoms with Gasteiger partial charge in [-0.3, -0.25) is 4.79 Å². The number of hydrogen-bond acceptors (Lipinski definition) is 1. The molecule has 1 amide bonds. The maximum atomic E-state index is 12.0. The number of alkyl halides is 1. The minimum atomic E-state index is 0.0818. The highest BCUT2D eigenvalue weighted by Gasteiger charge is 2.09. The fourth-order valence-corrected chi connectivity index (χ4v) is 2.77. The van der Waals surface area contributed by atoms with Crippen molar-refractivity contribution in [3.05, 3.63) is 48.0 Å². The number of carbonyl (C=O) groups excluding carboxylic acids is 1. The Balaban J connectivity index is 1.91. The molecule has 0 radical (unpaired) electrons. The van der Waals surface area contributed by atoms with Gasteiger partial charge in [-0.15, -0.1) is 11.6 Å². The number of amides is 1. The number of fused-ring (bicyclic) bond motifs is 1. The van der Waals surface area contributed by atoms with Crippen molar-refractivity contribution in [3.63, 3.8) is 0 Å². The van der Waals surface area contributed by atoms with Crippen LogP contribution in [0.4, 0.5) is 0 Å². The lowest BCUT2D eigenvalue weighted by molar-refractivity contribution is -0.120. The zero-order chi connectivity index (χ0) is 15.1. The molecule has 112 valence electrons. The van der Waals surface area contributed by atoms with E-state index in [0.717, 1.165) is 24.9 Å². The lowest BCUT2D eigenvalue weighted by Gasteiger charge is -2.14. The predicted octanol–water partition coefficient (Wildman–Crippen LogP) is 4.15. The highest BCUT2D eigenvalue weighted by Crippen LogP contribution is 2.16. The molecule has 3 heteroatoms. The Morgan fingerprint density at radius 3 is 2.67 bits per heavy atom. The van der Waals surface area contributed by atoms with Crippen LogP contribution in [0.3, 0.4) is 0 Å². The summed E-state index contributed by atoms with van der Waals surface area (Å²) in [5.74, 6) is 1.21. The second-order valence-electron chi connectivity index (χ2n) is 5.41. The van der Waals surface area contributed by atoms with E-state index in [1.807, 2.05) is 18.2 Å². The Kier molecular flexibility index (Phi) is 6.06. The number of nitrogens with one attached hydrogen (secondary N) is 1. The molecule has 0 spiro atoms. The Labute approximate surface area is 131 Å². The van der Waals surface area contributed by atoms with Crippen LogP contribution in [-0.4, -0.2) is 18.3 Å². The zero-order valence-electron chi connectivity index (χ0n) is 12.4. The monoisotopic (exact) mass is 303 g/mol. The van der Waals surface area contributed by atoms with Gasteiger partial charge in [-0.1, -0.05) is 55.8 Å². The van der Waals surface area contributed by atoms with Gasteiger partial charge in [-0.25, -0.2) is 0 Å². The summed E-state index contributed by atoms with van der Waals surface area (Å²) in [6, 6.07) is 14.4. The molecule has 1 unspecified atom stereocenters. The van der Waals surface area contributed by atoms with E-state index in [1.165, 1.54) is 10.8 Å². The first-order chi connectivity index (χ1) is 10.2. The third-order valence-corrected chi connectivity index (χ3v) is 4.08. The number of rotatable bonds is 7. The largest absolute Gasteiger partial charge is 0.356 e. The number of benzene rings is 2. The second-order valence-corrected chi connectivity index (χ2v) is 5.79. The van der Waals surface area contributed by atoms with E-state index in [1.54, 1.807) is 0 Å². The summed E-state index contributed by atoms with van der Waals surface area (Å²) >= 11 is 5.76. The van der Waals surface area contributed by atoms with E-state index in [4.69, 9.17) is 11.6 Å². The van der Waals surface area contributed by atoms with Gasteiger partial charge in [0.05, 0.1) is 6.42 Å². The fraction of sp³-hybridized carbons (Fsp3) is 0.389. The van der Waals surface area contributed by atoms with Crippen LogP contribution < -0.4 is 5.32 Å². The van der Waals surface area contributed by atoms with Crippen molar-refractivity contribution < 1.29 is 4.79 Å². The summed E-state index contributed by atoms with van der Waals surface area (Å²) in [6.07, 6.45) is 2.43. The third kappa shape index (κ3) is 4.75. The van der Waals surface area contributed by atoms with Gasteiger partial charge in [0.2, 0.25) is 5.91 Å². The topological polar surface area (TPSA) is 29.1 Å². The summed E-state index contributed by atoms with van der Waals surface area (Å²) in [6.45, 7) is 2.85. The Hall–Kier alpha value is -1.54. The Bertz CT molecular complexity index is 597. The predicted molar refractivity (Wildman–Crippen MR) is 89.8 cm³/mol. The molecule has 2 rings (SSSR count). The second kappa shape index (κ2) is 8.04. The lowest BCUT2D eigenvalue weighted by atomic mass is 10.0. The minimum Gasteiger partial charge on any atom is -0.356 e. The molecule has 0 saturated heterocycles. The zero-order valence-corrected chi connectivity index (χ0v) is 13.2. The average molecular weight is 304 g/mol. The summed E-state index contributed by atoms with van der Waals surface area (Å²) in [5, 5.41) is 5.40. The number of carbonyl (C=O) groups is 1. The van der Waals surface area contributed by atoms with Crippen molar-refractivity contribution in [1.82, 2.24) is 5.32 Å². The number of halogens is 1. The van der Waals surface area contributed by atoms with E-state index in [2.05, 4.69) is 36.5 Å². The average Bonchev–Trinajstić information content (AvgIpc) is 2.51. The van der Waals surface area contributed by atoms with Crippen molar-refractivity contribution in [1.29, 1.82) is 0 Å².